The number of nitrogens with one attached hydrogen (secondary N) is 1. The van der Waals surface area contributed by atoms with Crippen LogP contribution in [0.1, 0.15) is 12.5 Å². The largest absolute Gasteiger partial charge is 0.505 e. The van der Waals surface area contributed by atoms with E-state index in [2.05, 4.69) is 5.32 Å². The van der Waals surface area contributed by atoms with Crippen molar-refractivity contribution in [2.45, 2.75) is 13.5 Å². The lowest BCUT2D eigenvalue weighted by atomic mass is 10.2. The normalized spacial score (nSPS) is 12.7. The number of ether oxygens (including phenoxy) is 1. The average molecular weight is 270 g/mol. The van der Waals surface area contributed by atoms with Gasteiger partial charge in [0.25, 0.3) is 0 Å². The topological polar surface area (TPSA) is 75.6 Å². The van der Waals surface area contributed by atoms with Crippen molar-refractivity contribution in [2.24, 2.45) is 5.92 Å². The van der Waals surface area contributed by atoms with Gasteiger partial charge < -0.3 is 10.1 Å². The van der Waals surface area contributed by atoms with Crippen LogP contribution < -0.4 is 5.32 Å². The molecule has 0 aliphatic rings. The number of carbonyl (C=O) groups is 1. The van der Waals surface area contributed by atoms with Gasteiger partial charge in [-0.1, -0.05) is 37.3 Å². The van der Waals surface area contributed by atoms with E-state index >= 15 is 0 Å². The van der Waals surface area contributed by atoms with Crippen LogP contribution in [0.15, 0.2) is 30.3 Å². The molecule has 6 heteroatoms. The quantitative estimate of drug-likeness (QED) is 0.777. The molecule has 0 fully saturated rings. The molecule has 98 valence electrons. The summed E-state index contributed by atoms with van der Waals surface area (Å²) >= 11 is 0. The van der Waals surface area contributed by atoms with E-state index in [-0.39, 0.29) is 18.7 Å². The Labute approximate surface area is 107 Å². The zero-order valence-electron chi connectivity index (χ0n) is 10.2. The van der Waals surface area contributed by atoms with Gasteiger partial charge in [0.2, 0.25) is 0 Å². The van der Waals surface area contributed by atoms with Crippen LogP contribution in [0.5, 0.6) is 0 Å². The van der Waals surface area contributed by atoms with Crippen molar-refractivity contribution in [2.75, 3.05) is 12.7 Å². The van der Waals surface area contributed by atoms with Crippen molar-refractivity contribution < 1.29 is 19.0 Å². The van der Waals surface area contributed by atoms with Gasteiger partial charge in [-0.25, -0.2) is 4.79 Å². The number of amides is 1. The third-order valence-corrected chi connectivity index (χ3v) is 3.21. The first kappa shape index (κ1) is 14.6. The molecule has 18 heavy (non-hydrogen) atoms. The Bertz CT molecular complexity index is 396. The third-order valence-electron chi connectivity index (χ3n) is 2.28. The molecule has 0 radical (unpaired) electrons. The van der Waals surface area contributed by atoms with Gasteiger partial charge >= 0.3 is 14.1 Å². The molecule has 0 aromatic heterocycles. The second-order valence-corrected chi connectivity index (χ2v) is 5.15. The van der Waals surface area contributed by atoms with E-state index in [1.54, 1.807) is 6.92 Å². The van der Waals surface area contributed by atoms with Crippen molar-refractivity contribution in [3.63, 3.8) is 0 Å². The molecule has 2 N–H and O–H groups in total. The number of carbonyl (C=O) groups excluding carboxylic acids is 1. The van der Waals surface area contributed by atoms with E-state index in [0.29, 0.717) is 6.54 Å². The summed E-state index contributed by atoms with van der Waals surface area (Å²) in [5.74, 6) is -0.0529. The number of benzene rings is 1. The molecule has 2 unspecified atom stereocenters. The third kappa shape index (κ3) is 6.33. The maximum Gasteiger partial charge on any atom is 0.505 e. The first-order chi connectivity index (χ1) is 8.58. The Hall–Kier alpha value is -1.45. The van der Waals surface area contributed by atoms with Crippen LogP contribution >= 0.6 is 8.03 Å². The molecule has 0 bridgehead atoms. The fraction of sp³-hybridized carbons (Fsp3) is 0.417. The molecule has 1 amide bonds. The summed E-state index contributed by atoms with van der Waals surface area (Å²) in [5, 5.41) is 2.56. The monoisotopic (exact) mass is 270 g/mol. The Morgan fingerprint density at radius 3 is 2.72 bits per heavy atom. The van der Waals surface area contributed by atoms with Crippen molar-refractivity contribution in [1.29, 1.82) is 0 Å². The maximum atomic E-state index is 11.3. The highest BCUT2D eigenvalue weighted by Crippen LogP contribution is 2.17. The summed E-state index contributed by atoms with van der Waals surface area (Å²) in [7, 11) is -2.16. The fourth-order valence-corrected chi connectivity index (χ4v) is 2.03. The van der Waals surface area contributed by atoms with Crippen LogP contribution in [0.25, 0.3) is 0 Å². The first-order valence-electron chi connectivity index (χ1n) is 5.66. The number of alkyl carbamates (subject to hydrolysis) is 1. The molecular weight excluding hydrogens is 253 g/mol. The first-order valence-corrected chi connectivity index (χ1v) is 7.05. The van der Waals surface area contributed by atoms with E-state index in [1.807, 2.05) is 30.3 Å². The van der Waals surface area contributed by atoms with E-state index in [1.165, 1.54) is 0 Å². The van der Waals surface area contributed by atoms with Crippen molar-refractivity contribution in [3.8, 4) is 0 Å². The molecule has 0 saturated carbocycles. The number of hydrogen-bond donors (Lipinski definition) is 2. The van der Waals surface area contributed by atoms with Crippen LogP contribution in [0, 0.1) is 5.92 Å². The summed E-state index contributed by atoms with van der Waals surface area (Å²) in [6.45, 7) is 2.34. The van der Waals surface area contributed by atoms with Gasteiger partial charge in [0, 0.05) is 12.5 Å². The SMILES string of the molecule is CC(CNC(=O)OCc1ccccc1)C[P+](=O)O. The molecule has 1 rings (SSSR count). The van der Waals surface area contributed by atoms with Crippen LogP contribution in [0.3, 0.4) is 0 Å². The van der Waals surface area contributed by atoms with E-state index in [9.17, 15) is 9.36 Å². The molecule has 2 atom stereocenters. The van der Waals surface area contributed by atoms with Crippen LogP contribution in [0.4, 0.5) is 4.79 Å². The van der Waals surface area contributed by atoms with Gasteiger partial charge in [0.05, 0.1) is 0 Å². The average Bonchev–Trinajstić information content (AvgIpc) is 2.34. The minimum absolute atomic E-state index is 0.0529. The Balaban J connectivity index is 2.20. The van der Waals surface area contributed by atoms with Crippen molar-refractivity contribution in [1.82, 2.24) is 5.32 Å². The van der Waals surface area contributed by atoms with Crippen molar-refractivity contribution >= 4 is 14.1 Å². The summed E-state index contributed by atoms with van der Waals surface area (Å²) < 4.78 is 15.6. The van der Waals surface area contributed by atoms with Gasteiger partial charge in [0.1, 0.15) is 6.61 Å². The second kappa shape index (κ2) is 7.80. The highest BCUT2D eigenvalue weighted by molar-refractivity contribution is 7.38. The Morgan fingerprint density at radius 1 is 1.44 bits per heavy atom. The lowest BCUT2D eigenvalue weighted by Gasteiger charge is -2.08. The second-order valence-electron chi connectivity index (χ2n) is 4.08. The number of hydrogen-bond acceptors (Lipinski definition) is 3. The van der Waals surface area contributed by atoms with E-state index in [4.69, 9.17) is 9.63 Å². The van der Waals surface area contributed by atoms with Crippen LogP contribution in [-0.2, 0) is 15.9 Å². The van der Waals surface area contributed by atoms with Crippen LogP contribution in [-0.4, -0.2) is 23.7 Å². The zero-order chi connectivity index (χ0) is 13.4. The Kier molecular flexibility index (Phi) is 6.33. The maximum absolute atomic E-state index is 11.3. The minimum Gasteiger partial charge on any atom is -0.445 e. The summed E-state index contributed by atoms with van der Waals surface area (Å²) in [5.41, 5.74) is 0.916. The van der Waals surface area contributed by atoms with Crippen molar-refractivity contribution in [3.05, 3.63) is 35.9 Å². The Morgan fingerprint density at radius 2 is 2.11 bits per heavy atom. The molecule has 0 spiro atoms. The highest BCUT2D eigenvalue weighted by Gasteiger charge is 2.17. The predicted molar refractivity (Wildman–Crippen MR) is 68.5 cm³/mol. The zero-order valence-corrected chi connectivity index (χ0v) is 11.1. The number of rotatable bonds is 6. The fourth-order valence-electron chi connectivity index (χ4n) is 1.36. The lowest BCUT2D eigenvalue weighted by Crippen LogP contribution is -2.29. The standard InChI is InChI=1S/C12H16NO4P/c1-10(9-18(15)16)7-13-12(14)17-8-11-5-3-2-4-6-11/h2-6,10H,7-9H2,1H3,(H-,13,14,15,16)/p+1. The molecule has 5 nitrogen and oxygen atoms in total. The molecule has 0 aliphatic carbocycles. The summed E-state index contributed by atoms with van der Waals surface area (Å²) in [4.78, 5) is 20.0. The molecule has 0 aliphatic heterocycles. The highest BCUT2D eigenvalue weighted by atomic mass is 31.1. The van der Waals surface area contributed by atoms with Gasteiger partial charge in [0.15, 0.2) is 6.16 Å². The minimum atomic E-state index is -2.16. The molecule has 0 heterocycles. The molecule has 1 aromatic carbocycles. The molecule has 0 saturated heterocycles. The molecule has 1 aromatic rings. The van der Waals surface area contributed by atoms with Crippen LogP contribution in [0.2, 0.25) is 0 Å². The summed E-state index contributed by atoms with van der Waals surface area (Å²) in [6.07, 6.45) is -0.340. The van der Waals surface area contributed by atoms with E-state index in [0.717, 1.165) is 5.56 Å². The molecular formula is C12H17NO4P+. The predicted octanol–water partition coefficient (Wildman–Crippen LogP) is 2.28. The van der Waals surface area contributed by atoms with Gasteiger partial charge in [-0.05, 0) is 10.1 Å². The van der Waals surface area contributed by atoms with Gasteiger partial charge in [-0.15, -0.1) is 0 Å². The smallest absolute Gasteiger partial charge is 0.445 e. The lowest BCUT2D eigenvalue weighted by molar-refractivity contribution is 0.138. The van der Waals surface area contributed by atoms with Gasteiger partial charge in [-0.3, -0.25) is 0 Å². The summed E-state index contributed by atoms with van der Waals surface area (Å²) in [6, 6.07) is 9.37. The van der Waals surface area contributed by atoms with E-state index < -0.39 is 14.1 Å². The van der Waals surface area contributed by atoms with Gasteiger partial charge in [-0.2, -0.15) is 4.89 Å².